The van der Waals surface area contributed by atoms with Crippen molar-refractivity contribution in [3.8, 4) is 0 Å². The van der Waals surface area contributed by atoms with Crippen LogP contribution in [0.2, 0.25) is 0 Å². The first-order chi connectivity index (χ1) is 13.6. The van der Waals surface area contributed by atoms with Crippen LogP contribution < -0.4 is 10.6 Å². The summed E-state index contributed by atoms with van der Waals surface area (Å²) in [5.41, 5.74) is -1.82. The van der Waals surface area contributed by atoms with Gasteiger partial charge in [0, 0.05) is 19.2 Å². The lowest BCUT2D eigenvalue weighted by molar-refractivity contribution is -0.384. The Bertz CT molecular complexity index is 910. The molecule has 0 aliphatic rings. The van der Waals surface area contributed by atoms with Crippen LogP contribution in [0, 0.1) is 17.0 Å². The molecule has 1 aromatic heterocycles. The molecule has 0 unspecified atom stereocenters. The van der Waals surface area contributed by atoms with E-state index in [1.807, 2.05) is 0 Å². The van der Waals surface area contributed by atoms with E-state index >= 15 is 0 Å². The Balaban J connectivity index is 1.81. The van der Waals surface area contributed by atoms with E-state index in [-0.39, 0.29) is 24.3 Å². The number of furan rings is 1. The van der Waals surface area contributed by atoms with Crippen molar-refractivity contribution in [2.45, 2.75) is 13.1 Å². The smallest absolute Gasteiger partial charge is 0.416 e. The molecule has 0 aliphatic heterocycles. The lowest BCUT2D eigenvalue weighted by Gasteiger charge is -2.11. The average molecular weight is 415 g/mol. The number of hydrogen-bond acceptors (Lipinski definition) is 7. The van der Waals surface area contributed by atoms with Gasteiger partial charge in [-0.05, 0) is 25.1 Å². The Kier molecular flexibility index (Phi) is 6.80. The van der Waals surface area contributed by atoms with Crippen LogP contribution in [-0.4, -0.2) is 36.5 Å². The summed E-state index contributed by atoms with van der Waals surface area (Å²) in [7, 11) is 0. The number of benzene rings is 1. The van der Waals surface area contributed by atoms with Gasteiger partial charge in [0.1, 0.15) is 17.0 Å². The summed E-state index contributed by atoms with van der Waals surface area (Å²) < 4.78 is 47.8. The van der Waals surface area contributed by atoms with Crippen LogP contribution in [0.1, 0.15) is 21.7 Å². The van der Waals surface area contributed by atoms with Crippen molar-refractivity contribution in [2.24, 2.45) is 0 Å². The highest BCUT2D eigenvalue weighted by Crippen LogP contribution is 2.34. The van der Waals surface area contributed by atoms with Gasteiger partial charge in [0.25, 0.3) is 11.6 Å². The first-order valence-corrected chi connectivity index (χ1v) is 8.17. The number of rotatable bonds is 8. The van der Waals surface area contributed by atoms with Crippen molar-refractivity contribution in [3.63, 3.8) is 0 Å². The lowest BCUT2D eigenvalue weighted by atomic mass is 10.1. The largest absolute Gasteiger partial charge is 0.469 e. The molecular formula is C17H16F3N3O6. The summed E-state index contributed by atoms with van der Waals surface area (Å²) in [5, 5.41) is 16.0. The number of carbonyl (C=O) groups excluding carboxylic acids is 2. The zero-order valence-corrected chi connectivity index (χ0v) is 15.0. The van der Waals surface area contributed by atoms with Crippen LogP contribution in [-0.2, 0) is 15.7 Å². The van der Waals surface area contributed by atoms with Gasteiger partial charge in [-0.2, -0.15) is 13.2 Å². The molecule has 0 aliphatic carbocycles. The van der Waals surface area contributed by atoms with Crippen molar-refractivity contribution in [3.05, 3.63) is 57.5 Å². The molecule has 2 N–H and O–H groups in total. The molecule has 0 atom stereocenters. The third-order valence-electron chi connectivity index (χ3n) is 3.70. The number of alkyl halides is 3. The number of halogens is 3. The third-order valence-corrected chi connectivity index (χ3v) is 3.70. The molecule has 0 saturated carbocycles. The summed E-state index contributed by atoms with van der Waals surface area (Å²) in [6.07, 6.45) is -3.40. The van der Waals surface area contributed by atoms with Gasteiger partial charge in [0.2, 0.25) is 0 Å². The minimum Gasteiger partial charge on any atom is -0.469 e. The highest BCUT2D eigenvalue weighted by Gasteiger charge is 2.33. The fraction of sp³-hybridized carbons (Fsp3) is 0.294. The lowest BCUT2D eigenvalue weighted by Crippen LogP contribution is -2.32. The Hall–Kier alpha value is -3.57. The molecule has 1 aromatic carbocycles. The van der Waals surface area contributed by atoms with Crippen LogP contribution in [0.15, 0.2) is 34.9 Å². The highest BCUT2D eigenvalue weighted by atomic mass is 19.4. The highest BCUT2D eigenvalue weighted by molar-refractivity contribution is 5.92. The van der Waals surface area contributed by atoms with E-state index in [4.69, 9.17) is 9.15 Å². The van der Waals surface area contributed by atoms with Gasteiger partial charge >= 0.3 is 12.1 Å². The Labute approximate surface area is 162 Å². The Morgan fingerprint density at radius 3 is 2.55 bits per heavy atom. The average Bonchev–Trinajstić information content (AvgIpc) is 3.08. The predicted molar refractivity (Wildman–Crippen MR) is 93.3 cm³/mol. The summed E-state index contributed by atoms with van der Waals surface area (Å²) in [6.45, 7) is 0.985. The van der Waals surface area contributed by atoms with Crippen LogP contribution >= 0.6 is 0 Å². The van der Waals surface area contributed by atoms with Crippen LogP contribution in [0.5, 0.6) is 0 Å². The van der Waals surface area contributed by atoms with Gasteiger partial charge in [-0.15, -0.1) is 0 Å². The molecule has 29 heavy (non-hydrogen) atoms. The SMILES string of the molecule is Cc1occc1C(=O)OCC(=O)NCCNc1ccc(C(F)(F)F)cc1[N+](=O)[O-]. The van der Waals surface area contributed by atoms with Crippen LogP contribution in [0.25, 0.3) is 0 Å². The summed E-state index contributed by atoms with van der Waals surface area (Å²) >= 11 is 0. The molecule has 0 saturated heterocycles. The normalized spacial score (nSPS) is 11.0. The molecule has 1 heterocycles. The first-order valence-electron chi connectivity index (χ1n) is 8.17. The van der Waals surface area contributed by atoms with E-state index in [0.29, 0.717) is 17.9 Å². The standard InChI is InChI=1S/C17H16F3N3O6/c1-10-12(4-7-28-10)16(25)29-9-15(24)22-6-5-21-13-3-2-11(17(18,19)20)8-14(13)23(26)27/h2-4,7-8,21H,5-6,9H2,1H3,(H,22,24). The zero-order chi connectivity index (χ0) is 21.6. The molecule has 0 fully saturated rings. The fourth-order valence-electron chi connectivity index (χ4n) is 2.26. The molecule has 2 aromatic rings. The second-order valence-electron chi connectivity index (χ2n) is 5.73. The van der Waals surface area contributed by atoms with Crippen molar-refractivity contribution in [2.75, 3.05) is 25.0 Å². The van der Waals surface area contributed by atoms with E-state index in [1.54, 1.807) is 6.92 Å². The van der Waals surface area contributed by atoms with Gasteiger partial charge < -0.3 is 19.8 Å². The number of aryl methyl sites for hydroxylation is 1. The van der Waals surface area contributed by atoms with Crippen molar-refractivity contribution in [1.82, 2.24) is 5.32 Å². The molecule has 0 spiro atoms. The first kappa shape index (κ1) is 21.7. The second kappa shape index (κ2) is 9.08. The number of carbonyl (C=O) groups is 2. The topological polar surface area (TPSA) is 124 Å². The molecule has 0 radical (unpaired) electrons. The van der Waals surface area contributed by atoms with E-state index in [9.17, 15) is 32.9 Å². The number of amides is 1. The molecule has 156 valence electrons. The van der Waals surface area contributed by atoms with Crippen molar-refractivity contribution < 1.29 is 36.8 Å². The molecular weight excluding hydrogens is 399 g/mol. The number of nitro benzene ring substituents is 1. The minimum atomic E-state index is -4.70. The van der Waals surface area contributed by atoms with E-state index < -0.39 is 40.8 Å². The summed E-state index contributed by atoms with van der Waals surface area (Å²) in [4.78, 5) is 33.4. The van der Waals surface area contributed by atoms with Crippen molar-refractivity contribution in [1.29, 1.82) is 0 Å². The Morgan fingerprint density at radius 2 is 1.97 bits per heavy atom. The van der Waals surface area contributed by atoms with E-state index in [0.717, 1.165) is 6.07 Å². The molecule has 0 bridgehead atoms. The van der Waals surface area contributed by atoms with Crippen molar-refractivity contribution >= 4 is 23.3 Å². The van der Waals surface area contributed by atoms with Gasteiger partial charge in [-0.25, -0.2) is 4.79 Å². The predicted octanol–water partition coefficient (Wildman–Crippen LogP) is 2.90. The van der Waals surface area contributed by atoms with Crippen LogP contribution in [0.3, 0.4) is 0 Å². The third kappa shape index (κ3) is 5.96. The Morgan fingerprint density at radius 1 is 1.24 bits per heavy atom. The summed E-state index contributed by atoms with van der Waals surface area (Å²) in [6, 6.07) is 3.48. The number of esters is 1. The maximum Gasteiger partial charge on any atom is 0.416 e. The fourth-order valence-corrected chi connectivity index (χ4v) is 2.26. The molecule has 12 heteroatoms. The zero-order valence-electron chi connectivity index (χ0n) is 15.0. The minimum absolute atomic E-state index is 0.00721. The van der Waals surface area contributed by atoms with Gasteiger partial charge in [-0.1, -0.05) is 0 Å². The maximum absolute atomic E-state index is 12.7. The molecule has 1 amide bonds. The van der Waals surface area contributed by atoms with E-state index in [1.165, 1.54) is 12.3 Å². The molecule has 9 nitrogen and oxygen atoms in total. The second-order valence-corrected chi connectivity index (χ2v) is 5.73. The van der Waals surface area contributed by atoms with Gasteiger partial charge in [0.15, 0.2) is 6.61 Å². The van der Waals surface area contributed by atoms with Gasteiger partial charge in [0.05, 0.1) is 16.7 Å². The number of nitrogens with zero attached hydrogens (tertiary/aromatic N) is 1. The maximum atomic E-state index is 12.7. The summed E-state index contributed by atoms with van der Waals surface area (Å²) in [5.74, 6) is -1.01. The number of anilines is 1. The van der Waals surface area contributed by atoms with Crippen LogP contribution in [0.4, 0.5) is 24.5 Å². The quantitative estimate of drug-likeness (QED) is 0.294. The number of ether oxygens (including phenoxy) is 1. The number of nitrogens with one attached hydrogen (secondary N) is 2. The monoisotopic (exact) mass is 415 g/mol. The van der Waals surface area contributed by atoms with E-state index in [2.05, 4.69) is 10.6 Å². The molecule has 2 rings (SSSR count). The van der Waals surface area contributed by atoms with Gasteiger partial charge in [-0.3, -0.25) is 14.9 Å². The number of hydrogen-bond donors (Lipinski definition) is 2. The number of nitro groups is 1.